The van der Waals surface area contributed by atoms with Crippen LogP contribution >= 0.6 is 11.6 Å². The standard InChI is InChI=1S/C25H19ClN2O4/c1-16-7-6-10-20(26)23(16)28-24(29)19(15-27)13-17-11-12-21(22(14-17)31-2)32-25(30)18-8-4-3-5-9-18/h3-14H,1-2H3,(H,28,29)/b19-13+. The van der Waals surface area contributed by atoms with Gasteiger partial charge in [0.05, 0.1) is 23.4 Å². The van der Waals surface area contributed by atoms with Gasteiger partial charge in [-0.25, -0.2) is 4.79 Å². The fourth-order valence-corrected chi connectivity index (χ4v) is 3.15. The number of carbonyl (C=O) groups excluding carboxylic acids is 2. The third-order valence-corrected chi connectivity index (χ3v) is 4.85. The van der Waals surface area contributed by atoms with Crippen molar-refractivity contribution in [2.75, 3.05) is 12.4 Å². The number of rotatable bonds is 6. The molecule has 0 aliphatic heterocycles. The van der Waals surface area contributed by atoms with Crippen LogP contribution in [0, 0.1) is 18.3 Å². The van der Waals surface area contributed by atoms with Crippen molar-refractivity contribution in [2.45, 2.75) is 6.92 Å². The van der Waals surface area contributed by atoms with Crippen molar-refractivity contribution in [1.82, 2.24) is 0 Å². The van der Waals surface area contributed by atoms with Crippen LogP contribution in [0.1, 0.15) is 21.5 Å². The van der Waals surface area contributed by atoms with E-state index < -0.39 is 11.9 Å². The first-order valence-electron chi connectivity index (χ1n) is 9.56. The van der Waals surface area contributed by atoms with Gasteiger partial charge >= 0.3 is 5.97 Å². The third-order valence-electron chi connectivity index (χ3n) is 4.54. The maximum atomic E-state index is 12.6. The molecule has 3 aromatic rings. The van der Waals surface area contributed by atoms with Crippen LogP contribution in [0.15, 0.2) is 72.3 Å². The summed E-state index contributed by atoms with van der Waals surface area (Å²) in [4.78, 5) is 24.9. The maximum Gasteiger partial charge on any atom is 0.343 e. The zero-order chi connectivity index (χ0) is 23.1. The number of nitrogens with zero attached hydrogens (tertiary/aromatic N) is 1. The molecule has 1 amide bonds. The van der Waals surface area contributed by atoms with E-state index in [9.17, 15) is 14.9 Å². The number of methoxy groups -OCH3 is 1. The van der Waals surface area contributed by atoms with Crippen molar-refractivity contribution < 1.29 is 19.1 Å². The molecule has 0 heterocycles. The first-order valence-corrected chi connectivity index (χ1v) is 9.94. The quantitative estimate of drug-likeness (QED) is 0.236. The lowest BCUT2D eigenvalue weighted by Crippen LogP contribution is -2.14. The Morgan fingerprint density at radius 2 is 1.78 bits per heavy atom. The summed E-state index contributed by atoms with van der Waals surface area (Å²) < 4.78 is 10.7. The number of hydrogen-bond acceptors (Lipinski definition) is 5. The second-order valence-corrected chi connectivity index (χ2v) is 7.13. The van der Waals surface area contributed by atoms with Gasteiger partial charge in [0, 0.05) is 0 Å². The van der Waals surface area contributed by atoms with Gasteiger partial charge in [0.25, 0.3) is 5.91 Å². The summed E-state index contributed by atoms with van der Waals surface area (Å²) in [5.41, 5.74) is 2.01. The molecule has 32 heavy (non-hydrogen) atoms. The molecule has 1 N–H and O–H groups in total. The monoisotopic (exact) mass is 446 g/mol. The Morgan fingerprint density at radius 1 is 1.03 bits per heavy atom. The molecule has 0 aliphatic carbocycles. The topological polar surface area (TPSA) is 88.4 Å². The molecule has 0 atom stereocenters. The molecule has 160 valence electrons. The number of anilines is 1. The van der Waals surface area contributed by atoms with Crippen LogP contribution in [0.5, 0.6) is 11.5 Å². The Balaban J connectivity index is 1.83. The molecule has 0 aromatic heterocycles. The zero-order valence-electron chi connectivity index (χ0n) is 17.4. The van der Waals surface area contributed by atoms with E-state index in [4.69, 9.17) is 21.1 Å². The molecule has 0 unspecified atom stereocenters. The van der Waals surface area contributed by atoms with E-state index in [0.717, 1.165) is 5.56 Å². The van der Waals surface area contributed by atoms with Crippen molar-refractivity contribution in [3.8, 4) is 17.6 Å². The summed E-state index contributed by atoms with van der Waals surface area (Å²) in [6.07, 6.45) is 1.41. The van der Waals surface area contributed by atoms with Crippen molar-refractivity contribution >= 4 is 35.2 Å². The van der Waals surface area contributed by atoms with Crippen molar-refractivity contribution in [3.63, 3.8) is 0 Å². The highest BCUT2D eigenvalue weighted by atomic mass is 35.5. The number of hydrogen-bond donors (Lipinski definition) is 1. The van der Waals surface area contributed by atoms with E-state index in [-0.39, 0.29) is 17.1 Å². The first kappa shape index (κ1) is 22.6. The summed E-state index contributed by atoms with van der Waals surface area (Å²) in [5.74, 6) is -0.627. The number of carbonyl (C=O) groups is 2. The Kier molecular flexibility index (Phi) is 7.27. The van der Waals surface area contributed by atoms with Gasteiger partial charge in [0.1, 0.15) is 11.6 Å². The summed E-state index contributed by atoms with van der Waals surface area (Å²) in [7, 11) is 1.43. The second kappa shape index (κ2) is 10.3. The number of ether oxygens (including phenoxy) is 2. The number of aryl methyl sites for hydroxylation is 1. The Hall–Kier alpha value is -4.08. The zero-order valence-corrected chi connectivity index (χ0v) is 18.1. The van der Waals surface area contributed by atoms with E-state index in [1.807, 2.05) is 6.07 Å². The van der Waals surface area contributed by atoms with Gasteiger partial charge in [-0.15, -0.1) is 0 Å². The molecule has 0 aliphatic rings. The molecular weight excluding hydrogens is 428 g/mol. The van der Waals surface area contributed by atoms with E-state index in [1.54, 1.807) is 67.6 Å². The largest absolute Gasteiger partial charge is 0.493 e. The smallest absolute Gasteiger partial charge is 0.343 e. The van der Waals surface area contributed by atoms with Gasteiger partial charge in [-0.3, -0.25) is 4.79 Å². The lowest BCUT2D eigenvalue weighted by molar-refractivity contribution is -0.112. The third kappa shape index (κ3) is 5.34. The van der Waals surface area contributed by atoms with Crippen LogP contribution in [-0.2, 0) is 4.79 Å². The van der Waals surface area contributed by atoms with E-state index in [0.29, 0.717) is 21.8 Å². The highest BCUT2D eigenvalue weighted by molar-refractivity contribution is 6.34. The minimum atomic E-state index is -0.595. The van der Waals surface area contributed by atoms with Crippen molar-refractivity contribution in [1.29, 1.82) is 5.26 Å². The predicted octanol–water partition coefficient (Wildman–Crippen LogP) is 5.42. The van der Waals surface area contributed by atoms with Crippen molar-refractivity contribution in [2.24, 2.45) is 0 Å². The molecule has 0 bridgehead atoms. The van der Waals surface area contributed by atoms with E-state index in [1.165, 1.54) is 19.3 Å². The Labute approximate surface area is 190 Å². The van der Waals surface area contributed by atoms with Crippen LogP contribution in [0.4, 0.5) is 5.69 Å². The highest BCUT2D eigenvalue weighted by Crippen LogP contribution is 2.30. The molecule has 0 spiro atoms. The van der Waals surface area contributed by atoms with Crippen molar-refractivity contribution in [3.05, 3.63) is 94.0 Å². The van der Waals surface area contributed by atoms with Gasteiger partial charge < -0.3 is 14.8 Å². The number of esters is 1. The summed E-state index contributed by atoms with van der Waals surface area (Å²) in [6.45, 7) is 1.80. The molecule has 0 saturated carbocycles. The molecule has 7 heteroatoms. The summed E-state index contributed by atoms with van der Waals surface area (Å²) in [6, 6.07) is 20.4. The minimum Gasteiger partial charge on any atom is -0.493 e. The lowest BCUT2D eigenvalue weighted by Gasteiger charge is -2.11. The molecule has 6 nitrogen and oxygen atoms in total. The highest BCUT2D eigenvalue weighted by Gasteiger charge is 2.15. The fourth-order valence-electron chi connectivity index (χ4n) is 2.88. The summed E-state index contributed by atoms with van der Waals surface area (Å²) >= 11 is 6.15. The summed E-state index contributed by atoms with van der Waals surface area (Å²) in [5, 5.41) is 12.5. The molecule has 0 radical (unpaired) electrons. The van der Waals surface area contributed by atoms with E-state index >= 15 is 0 Å². The molecule has 0 saturated heterocycles. The van der Waals surface area contributed by atoms with Gasteiger partial charge in [-0.2, -0.15) is 5.26 Å². The molecule has 3 rings (SSSR count). The normalized spacial score (nSPS) is 10.8. The van der Waals surface area contributed by atoms with Crippen LogP contribution in [0.2, 0.25) is 5.02 Å². The molecule has 3 aromatic carbocycles. The molecule has 0 fully saturated rings. The van der Waals surface area contributed by atoms with E-state index in [2.05, 4.69) is 5.32 Å². The van der Waals surface area contributed by atoms with Crippen LogP contribution in [-0.4, -0.2) is 19.0 Å². The van der Waals surface area contributed by atoms with Gasteiger partial charge in [-0.1, -0.05) is 48.0 Å². The molecular formula is C25H19ClN2O4. The average molecular weight is 447 g/mol. The number of nitriles is 1. The lowest BCUT2D eigenvalue weighted by atomic mass is 10.1. The minimum absolute atomic E-state index is 0.125. The fraction of sp³-hybridized carbons (Fsp3) is 0.0800. The van der Waals surface area contributed by atoms with Gasteiger partial charge in [0.15, 0.2) is 11.5 Å². The number of nitrogens with one attached hydrogen (secondary N) is 1. The maximum absolute atomic E-state index is 12.6. The number of halogens is 1. The first-order chi connectivity index (χ1) is 15.4. The number of amides is 1. The Morgan fingerprint density at radius 3 is 2.44 bits per heavy atom. The van der Waals surface area contributed by atoms with Crippen LogP contribution in [0.25, 0.3) is 6.08 Å². The van der Waals surface area contributed by atoms with Crippen LogP contribution < -0.4 is 14.8 Å². The number of benzene rings is 3. The SMILES string of the molecule is COc1cc(/C=C(\C#N)C(=O)Nc2c(C)cccc2Cl)ccc1OC(=O)c1ccccc1. The average Bonchev–Trinajstić information content (AvgIpc) is 2.81. The van der Waals surface area contributed by atoms with Gasteiger partial charge in [0.2, 0.25) is 0 Å². The van der Waals surface area contributed by atoms with Gasteiger partial charge in [-0.05, 0) is 54.5 Å². The number of para-hydroxylation sites is 1. The van der Waals surface area contributed by atoms with Crippen LogP contribution in [0.3, 0.4) is 0 Å². The second-order valence-electron chi connectivity index (χ2n) is 6.72. The Bertz CT molecular complexity index is 1210. The predicted molar refractivity (Wildman–Crippen MR) is 123 cm³/mol.